The molecule has 2 N–H and O–H groups in total. The quantitative estimate of drug-likeness (QED) is 0.571. The molecule has 0 amide bonds. The van der Waals surface area contributed by atoms with Crippen LogP contribution in [-0.2, 0) is 4.79 Å². The zero-order valence-corrected chi connectivity index (χ0v) is 6.59. The number of hydrogen-bond donors (Lipinski definition) is 2. The van der Waals surface area contributed by atoms with Crippen molar-refractivity contribution in [1.82, 2.24) is 5.32 Å². The summed E-state index contributed by atoms with van der Waals surface area (Å²) >= 11 is 6.01. The number of hydrogen-bond acceptors (Lipinski definition) is 3. The molecular formula is C5H5NO2S2. The molecule has 0 aromatic carbocycles. The molecule has 1 heterocycles. The van der Waals surface area contributed by atoms with Crippen molar-refractivity contribution < 1.29 is 9.90 Å². The summed E-state index contributed by atoms with van der Waals surface area (Å²) in [5.41, 5.74) is 0. The highest BCUT2D eigenvalue weighted by atomic mass is 32.2. The number of carboxylic acid groups (broad SMARTS) is 1. The zero-order chi connectivity index (χ0) is 7.56. The van der Waals surface area contributed by atoms with E-state index in [0.29, 0.717) is 15.6 Å². The molecular weight excluding hydrogens is 170 g/mol. The fourth-order valence-corrected chi connectivity index (χ4v) is 1.37. The van der Waals surface area contributed by atoms with Gasteiger partial charge in [-0.3, -0.25) is 0 Å². The summed E-state index contributed by atoms with van der Waals surface area (Å²) < 4.78 is 0. The highest BCUT2D eigenvalue weighted by molar-refractivity contribution is 8.05. The monoisotopic (exact) mass is 175 g/mol. The van der Waals surface area contributed by atoms with Gasteiger partial charge in [0, 0.05) is 12.0 Å². The third kappa shape index (κ3) is 1.71. The lowest BCUT2D eigenvalue weighted by Gasteiger charge is -2.10. The second-order valence-corrected chi connectivity index (χ2v) is 3.18. The Hall–Kier alpha value is -0.550. The molecule has 0 unspecified atom stereocenters. The third-order valence-electron chi connectivity index (χ3n) is 0.934. The predicted octanol–water partition coefficient (Wildman–Crippen LogP) is 0.576. The van der Waals surface area contributed by atoms with Gasteiger partial charge in [0.25, 0.3) is 0 Å². The van der Waals surface area contributed by atoms with Crippen molar-refractivity contribution in [2.45, 2.75) is 0 Å². The minimum atomic E-state index is -0.903. The van der Waals surface area contributed by atoms with Crippen LogP contribution in [0.1, 0.15) is 0 Å². The van der Waals surface area contributed by atoms with E-state index in [1.165, 1.54) is 18.0 Å². The number of nitrogens with one attached hydrogen (secondary N) is 1. The molecule has 1 rings (SSSR count). The molecule has 54 valence electrons. The minimum absolute atomic E-state index is 0.314. The van der Waals surface area contributed by atoms with Gasteiger partial charge in [-0.15, -0.1) is 11.8 Å². The van der Waals surface area contributed by atoms with Gasteiger partial charge >= 0.3 is 5.97 Å². The Morgan fingerprint density at radius 1 is 1.90 bits per heavy atom. The second-order valence-electron chi connectivity index (χ2n) is 1.67. The van der Waals surface area contributed by atoms with Gasteiger partial charge in [0.05, 0.1) is 4.99 Å². The van der Waals surface area contributed by atoms with Crippen LogP contribution in [0.2, 0.25) is 0 Å². The summed E-state index contributed by atoms with van der Waals surface area (Å²) in [5, 5.41) is 11.1. The molecule has 0 saturated carbocycles. The van der Waals surface area contributed by atoms with E-state index in [1.54, 1.807) is 0 Å². The first kappa shape index (κ1) is 7.56. The Bertz CT molecular complexity index is 212. The highest BCUT2D eigenvalue weighted by Gasteiger charge is 2.12. The lowest BCUT2D eigenvalue weighted by atomic mass is 10.6. The number of thioether (sulfide) groups is 1. The fourth-order valence-electron chi connectivity index (χ4n) is 0.496. The average Bonchev–Trinajstić information content (AvgIpc) is 1.88. The van der Waals surface area contributed by atoms with E-state index in [9.17, 15) is 4.79 Å². The van der Waals surface area contributed by atoms with Crippen LogP contribution in [0, 0.1) is 0 Å². The maximum absolute atomic E-state index is 10.3. The first-order valence-corrected chi connectivity index (χ1v) is 3.95. The first-order chi connectivity index (χ1) is 4.70. The van der Waals surface area contributed by atoms with Crippen molar-refractivity contribution in [2.24, 2.45) is 0 Å². The van der Waals surface area contributed by atoms with Gasteiger partial charge in [-0.2, -0.15) is 0 Å². The van der Waals surface area contributed by atoms with Gasteiger partial charge < -0.3 is 10.4 Å². The summed E-state index contributed by atoms with van der Waals surface area (Å²) in [7, 11) is 0. The maximum Gasteiger partial charge on any atom is 0.343 e. The fraction of sp³-hybridized carbons (Fsp3) is 0.200. The molecule has 0 saturated heterocycles. The molecule has 1 aliphatic heterocycles. The van der Waals surface area contributed by atoms with E-state index in [4.69, 9.17) is 17.3 Å². The molecule has 3 nitrogen and oxygen atoms in total. The molecule has 0 radical (unpaired) electrons. The SMILES string of the molecule is O=C(O)C1=CNC(=S)CS1. The number of rotatable bonds is 1. The Kier molecular flexibility index (Phi) is 2.29. The summed E-state index contributed by atoms with van der Waals surface area (Å²) in [6, 6.07) is 0. The van der Waals surface area contributed by atoms with Gasteiger partial charge in [-0.1, -0.05) is 12.2 Å². The Morgan fingerprint density at radius 3 is 3.00 bits per heavy atom. The molecule has 0 atom stereocenters. The number of carbonyl (C=O) groups is 1. The Balaban J connectivity index is 2.65. The molecule has 0 aromatic heterocycles. The van der Waals surface area contributed by atoms with Crippen LogP contribution in [0.4, 0.5) is 0 Å². The van der Waals surface area contributed by atoms with Gasteiger partial charge in [-0.05, 0) is 0 Å². The predicted molar refractivity (Wildman–Crippen MR) is 43.9 cm³/mol. The van der Waals surface area contributed by atoms with Crippen molar-refractivity contribution >= 4 is 34.9 Å². The Labute approximate surface area is 67.5 Å². The molecule has 0 spiro atoms. The van der Waals surface area contributed by atoms with Crippen molar-refractivity contribution in [3.63, 3.8) is 0 Å². The van der Waals surface area contributed by atoms with E-state index < -0.39 is 5.97 Å². The Morgan fingerprint density at radius 2 is 2.60 bits per heavy atom. The van der Waals surface area contributed by atoms with Crippen molar-refractivity contribution in [2.75, 3.05) is 5.75 Å². The van der Waals surface area contributed by atoms with Crippen molar-refractivity contribution in [1.29, 1.82) is 0 Å². The smallest absolute Gasteiger partial charge is 0.343 e. The summed E-state index contributed by atoms with van der Waals surface area (Å²) in [5.74, 6) is -0.340. The average molecular weight is 175 g/mol. The minimum Gasteiger partial charge on any atom is -0.477 e. The van der Waals surface area contributed by atoms with Gasteiger partial charge in [-0.25, -0.2) is 4.79 Å². The van der Waals surface area contributed by atoms with E-state index in [0.717, 1.165) is 0 Å². The number of thiocarbonyl (C=S) groups is 1. The van der Waals surface area contributed by atoms with E-state index in [1.807, 2.05) is 0 Å². The third-order valence-corrected chi connectivity index (χ3v) is 2.42. The summed E-state index contributed by atoms with van der Waals surface area (Å²) in [6.07, 6.45) is 1.42. The van der Waals surface area contributed by atoms with Crippen LogP contribution in [0.15, 0.2) is 11.1 Å². The molecule has 1 aliphatic rings. The molecule has 0 aliphatic carbocycles. The van der Waals surface area contributed by atoms with Gasteiger partial charge in [0.15, 0.2) is 0 Å². The van der Waals surface area contributed by atoms with E-state index in [-0.39, 0.29) is 0 Å². The standard InChI is InChI=1S/C5H5NO2S2/c7-5(8)3-1-6-4(9)2-10-3/h1H,2H2,(H,6,9)(H,7,8). The first-order valence-electron chi connectivity index (χ1n) is 2.56. The zero-order valence-electron chi connectivity index (χ0n) is 4.96. The largest absolute Gasteiger partial charge is 0.477 e. The number of carboxylic acids is 1. The molecule has 10 heavy (non-hydrogen) atoms. The molecule has 0 aromatic rings. The lowest BCUT2D eigenvalue weighted by Crippen LogP contribution is -2.23. The van der Waals surface area contributed by atoms with Crippen LogP contribution in [0.3, 0.4) is 0 Å². The van der Waals surface area contributed by atoms with Crippen LogP contribution in [0.25, 0.3) is 0 Å². The summed E-state index contributed by atoms with van der Waals surface area (Å²) in [6.45, 7) is 0. The second kappa shape index (κ2) is 3.03. The summed E-state index contributed by atoms with van der Waals surface area (Å²) in [4.78, 5) is 11.3. The van der Waals surface area contributed by atoms with E-state index in [2.05, 4.69) is 5.32 Å². The topological polar surface area (TPSA) is 49.3 Å². The van der Waals surface area contributed by atoms with E-state index >= 15 is 0 Å². The molecule has 0 bridgehead atoms. The van der Waals surface area contributed by atoms with Gasteiger partial charge in [0.1, 0.15) is 4.91 Å². The van der Waals surface area contributed by atoms with Crippen molar-refractivity contribution in [3.8, 4) is 0 Å². The highest BCUT2D eigenvalue weighted by Crippen LogP contribution is 2.17. The van der Waals surface area contributed by atoms with Crippen molar-refractivity contribution in [3.05, 3.63) is 11.1 Å². The van der Waals surface area contributed by atoms with Crippen LogP contribution >= 0.6 is 24.0 Å². The molecule has 0 fully saturated rings. The van der Waals surface area contributed by atoms with Crippen LogP contribution in [-0.4, -0.2) is 21.8 Å². The van der Waals surface area contributed by atoms with Crippen LogP contribution in [0.5, 0.6) is 0 Å². The lowest BCUT2D eigenvalue weighted by molar-refractivity contribution is -0.131. The van der Waals surface area contributed by atoms with Gasteiger partial charge in [0.2, 0.25) is 0 Å². The van der Waals surface area contributed by atoms with Crippen LogP contribution < -0.4 is 5.32 Å². The maximum atomic E-state index is 10.3. The number of aliphatic carboxylic acids is 1. The normalized spacial score (nSPS) is 17.6. The molecule has 5 heteroatoms.